The van der Waals surface area contributed by atoms with Gasteiger partial charge in [0.1, 0.15) is 5.82 Å². The highest BCUT2D eigenvalue weighted by Gasteiger charge is 2.22. The third-order valence-electron chi connectivity index (χ3n) is 3.77. The van der Waals surface area contributed by atoms with Gasteiger partial charge in [-0.05, 0) is 43.8 Å². The van der Waals surface area contributed by atoms with Crippen molar-refractivity contribution < 1.29 is 8.91 Å². The van der Waals surface area contributed by atoms with Gasteiger partial charge in [-0.2, -0.15) is 4.98 Å². The van der Waals surface area contributed by atoms with Gasteiger partial charge in [-0.15, -0.1) is 0 Å². The minimum atomic E-state index is -0.265. The monoisotopic (exact) mass is 325 g/mol. The molecule has 1 atom stereocenters. The highest BCUT2D eigenvalue weighted by atomic mass is 19.1. The second-order valence-corrected chi connectivity index (χ2v) is 6.08. The van der Waals surface area contributed by atoms with E-state index in [4.69, 9.17) is 4.52 Å². The summed E-state index contributed by atoms with van der Waals surface area (Å²) in [6.45, 7) is 0.602. The molecule has 0 spiro atoms. The van der Waals surface area contributed by atoms with Crippen LogP contribution in [0.3, 0.4) is 0 Å². The van der Waals surface area contributed by atoms with Gasteiger partial charge < -0.3 is 9.42 Å². The number of benzene rings is 2. The smallest absolute Gasteiger partial charge is 0.234 e. The Bertz CT molecular complexity index is 786. The van der Waals surface area contributed by atoms with Crippen LogP contribution in [0.4, 0.5) is 4.39 Å². The van der Waals surface area contributed by atoms with E-state index in [0.29, 0.717) is 24.7 Å². The van der Waals surface area contributed by atoms with E-state index in [-0.39, 0.29) is 11.7 Å². The van der Waals surface area contributed by atoms with Crippen molar-refractivity contribution in [2.45, 2.75) is 18.9 Å². The van der Waals surface area contributed by atoms with Crippen LogP contribution in [-0.4, -0.2) is 29.1 Å². The Morgan fingerprint density at radius 1 is 1.08 bits per heavy atom. The first-order valence-electron chi connectivity index (χ1n) is 7.88. The predicted octanol–water partition coefficient (Wildman–Crippen LogP) is 3.64. The first kappa shape index (κ1) is 16.3. The van der Waals surface area contributed by atoms with Gasteiger partial charge in [0.25, 0.3) is 0 Å². The lowest BCUT2D eigenvalue weighted by molar-refractivity contribution is 0.342. The number of hydrogen-bond acceptors (Lipinski definition) is 4. The molecule has 0 aliphatic heterocycles. The molecule has 1 heterocycles. The second kappa shape index (κ2) is 7.36. The molecular weight excluding hydrogens is 305 g/mol. The average Bonchev–Trinajstić information content (AvgIpc) is 3.01. The lowest BCUT2D eigenvalue weighted by Crippen LogP contribution is -2.12. The molecule has 0 saturated heterocycles. The summed E-state index contributed by atoms with van der Waals surface area (Å²) in [4.78, 5) is 6.49. The average molecular weight is 325 g/mol. The lowest BCUT2D eigenvalue weighted by Gasteiger charge is -2.13. The van der Waals surface area contributed by atoms with E-state index < -0.39 is 0 Å². The fourth-order valence-electron chi connectivity index (χ4n) is 2.68. The largest absolute Gasteiger partial charge is 0.339 e. The van der Waals surface area contributed by atoms with E-state index in [1.165, 1.54) is 12.1 Å². The molecule has 0 N–H and O–H groups in total. The molecule has 0 aliphatic carbocycles. The predicted molar refractivity (Wildman–Crippen MR) is 90.1 cm³/mol. The zero-order valence-electron chi connectivity index (χ0n) is 13.8. The normalized spacial score (nSPS) is 12.5. The molecule has 124 valence electrons. The number of hydrogen-bond donors (Lipinski definition) is 0. The third-order valence-corrected chi connectivity index (χ3v) is 3.77. The maximum absolute atomic E-state index is 13.7. The Kier molecular flexibility index (Phi) is 5.01. The quantitative estimate of drug-likeness (QED) is 0.694. The number of nitrogens with zero attached hydrogens (tertiary/aromatic N) is 3. The maximum atomic E-state index is 13.7. The van der Waals surface area contributed by atoms with Gasteiger partial charge in [0.15, 0.2) is 5.82 Å². The van der Waals surface area contributed by atoms with E-state index in [0.717, 1.165) is 11.1 Å². The van der Waals surface area contributed by atoms with Gasteiger partial charge in [0.2, 0.25) is 5.89 Å². The molecule has 0 fully saturated rings. The molecule has 0 saturated carbocycles. The van der Waals surface area contributed by atoms with Crippen LogP contribution in [0.2, 0.25) is 0 Å². The molecule has 24 heavy (non-hydrogen) atoms. The van der Waals surface area contributed by atoms with Crippen LogP contribution in [0.5, 0.6) is 0 Å². The van der Waals surface area contributed by atoms with Crippen LogP contribution in [0.25, 0.3) is 0 Å². The first-order valence-corrected chi connectivity index (χ1v) is 7.88. The fourth-order valence-corrected chi connectivity index (χ4v) is 2.68. The molecule has 4 nitrogen and oxygen atoms in total. The van der Waals surface area contributed by atoms with Crippen molar-refractivity contribution in [3.8, 4) is 0 Å². The molecule has 1 aromatic heterocycles. The van der Waals surface area contributed by atoms with Crippen LogP contribution >= 0.6 is 0 Å². The number of aromatic nitrogens is 2. The molecular formula is C19H20FN3O. The zero-order chi connectivity index (χ0) is 16.9. The molecule has 3 rings (SSSR count). The van der Waals surface area contributed by atoms with Crippen LogP contribution < -0.4 is 0 Å². The summed E-state index contributed by atoms with van der Waals surface area (Å²) in [5, 5.41) is 4.05. The summed E-state index contributed by atoms with van der Waals surface area (Å²) >= 11 is 0. The highest BCUT2D eigenvalue weighted by Crippen LogP contribution is 2.28. The van der Waals surface area contributed by atoms with Crippen molar-refractivity contribution in [2.75, 3.05) is 14.1 Å². The van der Waals surface area contributed by atoms with Crippen molar-refractivity contribution >= 4 is 0 Å². The molecule has 0 bridgehead atoms. The maximum Gasteiger partial charge on any atom is 0.234 e. The van der Waals surface area contributed by atoms with Crippen molar-refractivity contribution in [3.63, 3.8) is 0 Å². The van der Waals surface area contributed by atoms with Gasteiger partial charge in [-0.1, -0.05) is 47.6 Å². The summed E-state index contributed by atoms with van der Waals surface area (Å²) in [7, 11) is 3.90. The molecule has 5 heteroatoms. The van der Waals surface area contributed by atoms with Gasteiger partial charge in [0.05, 0.1) is 12.5 Å². The van der Waals surface area contributed by atoms with E-state index in [2.05, 4.69) is 10.1 Å². The topological polar surface area (TPSA) is 42.2 Å². The van der Waals surface area contributed by atoms with Crippen molar-refractivity contribution in [1.29, 1.82) is 0 Å². The summed E-state index contributed by atoms with van der Waals surface area (Å²) in [5.41, 5.74) is 1.97. The van der Waals surface area contributed by atoms with Crippen LogP contribution in [0.15, 0.2) is 59.1 Å². The van der Waals surface area contributed by atoms with E-state index in [1.54, 1.807) is 6.07 Å². The second-order valence-electron chi connectivity index (χ2n) is 6.08. The fraction of sp³-hybridized carbons (Fsp3) is 0.263. The Morgan fingerprint density at radius 2 is 1.88 bits per heavy atom. The van der Waals surface area contributed by atoms with E-state index in [9.17, 15) is 4.39 Å². The first-order chi connectivity index (χ1) is 11.6. The van der Waals surface area contributed by atoms with Crippen LogP contribution in [0.1, 0.15) is 28.8 Å². The lowest BCUT2D eigenvalue weighted by atomic mass is 9.92. The van der Waals surface area contributed by atoms with Crippen molar-refractivity contribution in [1.82, 2.24) is 15.0 Å². The van der Waals surface area contributed by atoms with Gasteiger partial charge in [-0.3, -0.25) is 0 Å². The van der Waals surface area contributed by atoms with Crippen molar-refractivity contribution in [2.24, 2.45) is 0 Å². The molecule has 2 aromatic carbocycles. The summed E-state index contributed by atoms with van der Waals surface area (Å²) < 4.78 is 19.2. The van der Waals surface area contributed by atoms with E-state index in [1.807, 2.05) is 55.4 Å². The molecule has 0 aliphatic rings. The Hall–Kier alpha value is -2.53. The number of halogens is 1. The zero-order valence-corrected chi connectivity index (χ0v) is 13.8. The highest BCUT2D eigenvalue weighted by molar-refractivity contribution is 5.29. The van der Waals surface area contributed by atoms with Gasteiger partial charge in [-0.25, -0.2) is 4.39 Å². The molecule has 0 amide bonds. The SMILES string of the molecule is CN(C)Cc1noc(C(Cc2ccccc2)c2cccc(F)c2)n1. The van der Waals surface area contributed by atoms with Gasteiger partial charge >= 0.3 is 0 Å². The number of rotatable bonds is 6. The van der Waals surface area contributed by atoms with Gasteiger partial charge in [0, 0.05) is 0 Å². The molecule has 3 aromatic rings. The Labute approximate surface area is 140 Å². The standard InChI is InChI=1S/C19H20FN3O/c1-23(2)13-18-21-19(24-22-18)17(11-14-7-4-3-5-8-14)15-9-6-10-16(20)12-15/h3-10,12,17H,11,13H2,1-2H3. The van der Waals surface area contributed by atoms with E-state index >= 15 is 0 Å². The Balaban J connectivity index is 1.93. The Morgan fingerprint density at radius 3 is 2.58 bits per heavy atom. The summed E-state index contributed by atoms with van der Waals surface area (Å²) in [6.07, 6.45) is 0.674. The summed E-state index contributed by atoms with van der Waals surface area (Å²) in [5.74, 6) is 0.705. The van der Waals surface area contributed by atoms with Crippen molar-refractivity contribution in [3.05, 3.63) is 83.3 Å². The summed E-state index contributed by atoms with van der Waals surface area (Å²) in [6, 6.07) is 16.6. The minimum Gasteiger partial charge on any atom is -0.339 e. The van der Waals surface area contributed by atoms with Crippen LogP contribution in [-0.2, 0) is 13.0 Å². The third kappa shape index (κ3) is 4.06. The minimum absolute atomic E-state index is 0.175. The van der Waals surface area contributed by atoms with Crippen LogP contribution in [0, 0.1) is 5.82 Å². The molecule has 0 radical (unpaired) electrons. The molecule has 1 unspecified atom stereocenters.